The zero-order valence-electron chi connectivity index (χ0n) is 9.15. The first-order valence-electron chi connectivity index (χ1n) is 5.18. The third kappa shape index (κ3) is 2.33. The molecular weight excluding hydrogens is 160 g/mol. The molecule has 1 aromatic rings. The standard InChI is InChI=1S/C9H14N2.C2H6/c1-9(2)4-3-8-7(5-9)6-10-11-8;1-2/h6H,3-5H2,1-2H3,(H,10,11);1-2H3. The van der Waals surface area contributed by atoms with Gasteiger partial charge in [-0.05, 0) is 30.2 Å². The van der Waals surface area contributed by atoms with Gasteiger partial charge in [-0.2, -0.15) is 5.10 Å². The summed E-state index contributed by atoms with van der Waals surface area (Å²) in [5, 5.41) is 7.09. The van der Waals surface area contributed by atoms with E-state index >= 15 is 0 Å². The van der Waals surface area contributed by atoms with Crippen molar-refractivity contribution in [2.75, 3.05) is 0 Å². The molecule has 1 aliphatic rings. The second kappa shape index (κ2) is 3.95. The monoisotopic (exact) mass is 180 g/mol. The van der Waals surface area contributed by atoms with E-state index < -0.39 is 0 Å². The van der Waals surface area contributed by atoms with Gasteiger partial charge in [-0.1, -0.05) is 27.7 Å². The van der Waals surface area contributed by atoms with E-state index in [1.165, 1.54) is 30.5 Å². The Kier molecular flexibility index (Phi) is 3.12. The van der Waals surface area contributed by atoms with Crippen LogP contribution in [0.15, 0.2) is 6.20 Å². The molecule has 0 bridgehead atoms. The summed E-state index contributed by atoms with van der Waals surface area (Å²) >= 11 is 0. The number of hydrogen-bond acceptors (Lipinski definition) is 1. The minimum Gasteiger partial charge on any atom is -0.282 e. The van der Waals surface area contributed by atoms with Gasteiger partial charge in [0, 0.05) is 5.69 Å². The van der Waals surface area contributed by atoms with Gasteiger partial charge in [0.1, 0.15) is 0 Å². The van der Waals surface area contributed by atoms with Crippen molar-refractivity contribution in [3.05, 3.63) is 17.5 Å². The number of nitrogens with zero attached hydrogens (tertiary/aromatic N) is 1. The average Bonchev–Trinajstić information content (AvgIpc) is 2.53. The second-order valence-corrected chi connectivity index (χ2v) is 4.21. The molecule has 0 saturated carbocycles. The SMILES string of the molecule is CC.CC1(C)CCc2[nH]ncc2C1. The molecule has 0 saturated heterocycles. The van der Waals surface area contributed by atoms with Crippen LogP contribution in [-0.2, 0) is 12.8 Å². The molecule has 13 heavy (non-hydrogen) atoms. The lowest BCUT2D eigenvalue weighted by Gasteiger charge is -2.28. The molecule has 0 amide bonds. The first kappa shape index (κ1) is 10.3. The summed E-state index contributed by atoms with van der Waals surface area (Å²) < 4.78 is 0. The lowest BCUT2D eigenvalue weighted by atomic mass is 9.77. The summed E-state index contributed by atoms with van der Waals surface area (Å²) in [6.45, 7) is 8.64. The van der Waals surface area contributed by atoms with Gasteiger partial charge < -0.3 is 0 Å². The van der Waals surface area contributed by atoms with Crippen LogP contribution >= 0.6 is 0 Å². The van der Waals surface area contributed by atoms with Gasteiger partial charge in [0.05, 0.1) is 6.20 Å². The zero-order valence-corrected chi connectivity index (χ0v) is 9.15. The number of nitrogens with one attached hydrogen (secondary N) is 1. The summed E-state index contributed by atoms with van der Waals surface area (Å²) in [6.07, 6.45) is 5.60. The fraction of sp³-hybridized carbons (Fsp3) is 0.727. The molecule has 74 valence electrons. The van der Waals surface area contributed by atoms with E-state index in [4.69, 9.17) is 0 Å². The number of aromatic amines is 1. The van der Waals surface area contributed by atoms with Gasteiger partial charge in [0.15, 0.2) is 0 Å². The van der Waals surface area contributed by atoms with Crippen LogP contribution in [-0.4, -0.2) is 10.2 Å². The number of hydrogen-bond donors (Lipinski definition) is 1. The molecule has 1 aromatic heterocycles. The van der Waals surface area contributed by atoms with Crippen LogP contribution in [0, 0.1) is 5.41 Å². The molecule has 1 N–H and O–H groups in total. The molecule has 1 heterocycles. The number of H-pyrrole nitrogens is 1. The maximum atomic E-state index is 4.04. The van der Waals surface area contributed by atoms with Gasteiger partial charge in [-0.25, -0.2) is 0 Å². The van der Waals surface area contributed by atoms with Crippen molar-refractivity contribution >= 4 is 0 Å². The van der Waals surface area contributed by atoms with Gasteiger partial charge in [0.2, 0.25) is 0 Å². The van der Waals surface area contributed by atoms with Crippen molar-refractivity contribution in [2.45, 2.75) is 47.0 Å². The zero-order chi connectivity index (χ0) is 9.90. The molecule has 0 spiro atoms. The van der Waals surface area contributed by atoms with Crippen molar-refractivity contribution in [2.24, 2.45) is 5.41 Å². The summed E-state index contributed by atoms with van der Waals surface area (Å²) in [5.74, 6) is 0. The molecule has 0 aromatic carbocycles. The molecule has 0 atom stereocenters. The number of rotatable bonds is 0. The fourth-order valence-electron chi connectivity index (χ4n) is 1.77. The lowest BCUT2D eigenvalue weighted by molar-refractivity contribution is 0.314. The second-order valence-electron chi connectivity index (χ2n) is 4.21. The van der Waals surface area contributed by atoms with Gasteiger partial charge >= 0.3 is 0 Å². The first-order valence-corrected chi connectivity index (χ1v) is 5.18. The fourth-order valence-corrected chi connectivity index (χ4v) is 1.77. The highest BCUT2D eigenvalue weighted by molar-refractivity contribution is 5.21. The highest BCUT2D eigenvalue weighted by atomic mass is 15.1. The van der Waals surface area contributed by atoms with Crippen molar-refractivity contribution in [3.63, 3.8) is 0 Å². The van der Waals surface area contributed by atoms with Crippen LogP contribution in [0.1, 0.15) is 45.4 Å². The minimum atomic E-state index is 0.483. The van der Waals surface area contributed by atoms with Crippen LogP contribution in [0.25, 0.3) is 0 Å². The highest BCUT2D eigenvalue weighted by Gasteiger charge is 2.25. The molecule has 0 aliphatic heterocycles. The Hall–Kier alpha value is -0.790. The molecule has 2 rings (SSSR count). The van der Waals surface area contributed by atoms with Gasteiger partial charge in [-0.15, -0.1) is 0 Å². The van der Waals surface area contributed by atoms with E-state index in [9.17, 15) is 0 Å². The molecule has 2 heteroatoms. The third-order valence-corrected chi connectivity index (χ3v) is 2.53. The highest BCUT2D eigenvalue weighted by Crippen LogP contribution is 2.33. The molecule has 0 fully saturated rings. The maximum Gasteiger partial charge on any atom is 0.0522 e. The topological polar surface area (TPSA) is 28.7 Å². The van der Waals surface area contributed by atoms with Crippen molar-refractivity contribution in [1.29, 1.82) is 0 Å². The van der Waals surface area contributed by atoms with Crippen molar-refractivity contribution in [1.82, 2.24) is 10.2 Å². The van der Waals surface area contributed by atoms with E-state index in [0.29, 0.717) is 5.41 Å². The summed E-state index contributed by atoms with van der Waals surface area (Å²) in [7, 11) is 0. The Bertz CT molecular complexity index is 261. The van der Waals surface area contributed by atoms with Crippen molar-refractivity contribution < 1.29 is 0 Å². The van der Waals surface area contributed by atoms with E-state index in [1.807, 2.05) is 20.0 Å². The average molecular weight is 180 g/mol. The number of fused-ring (bicyclic) bond motifs is 1. The van der Waals surface area contributed by atoms with Crippen LogP contribution < -0.4 is 0 Å². The van der Waals surface area contributed by atoms with Gasteiger partial charge in [-0.3, -0.25) is 5.10 Å². The predicted molar refractivity (Wildman–Crippen MR) is 55.7 cm³/mol. The minimum absolute atomic E-state index is 0.483. The van der Waals surface area contributed by atoms with E-state index in [1.54, 1.807) is 0 Å². The molecule has 0 unspecified atom stereocenters. The molecule has 1 aliphatic carbocycles. The quantitative estimate of drug-likeness (QED) is 0.653. The predicted octanol–water partition coefficient (Wildman–Crippen LogP) is 2.95. The summed E-state index contributed by atoms with van der Waals surface area (Å²) in [4.78, 5) is 0. The Morgan fingerprint density at radius 1 is 1.38 bits per heavy atom. The third-order valence-electron chi connectivity index (χ3n) is 2.53. The Labute approximate surface area is 80.7 Å². The Balaban J connectivity index is 0.000000396. The molecule has 2 nitrogen and oxygen atoms in total. The van der Waals surface area contributed by atoms with Crippen LogP contribution in [0.5, 0.6) is 0 Å². The van der Waals surface area contributed by atoms with E-state index in [0.717, 1.165) is 0 Å². The van der Waals surface area contributed by atoms with Crippen LogP contribution in [0.4, 0.5) is 0 Å². The smallest absolute Gasteiger partial charge is 0.0522 e. The van der Waals surface area contributed by atoms with E-state index in [-0.39, 0.29) is 0 Å². The Morgan fingerprint density at radius 2 is 2.08 bits per heavy atom. The maximum absolute atomic E-state index is 4.04. The largest absolute Gasteiger partial charge is 0.282 e. The van der Waals surface area contributed by atoms with Crippen molar-refractivity contribution in [3.8, 4) is 0 Å². The number of aromatic nitrogens is 2. The molecular formula is C11H20N2. The Morgan fingerprint density at radius 3 is 2.77 bits per heavy atom. The number of aryl methyl sites for hydroxylation is 1. The van der Waals surface area contributed by atoms with Crippen LogP contribution in [0.3, 0.4) is 0 Å². The normalized spacial score (nSPS) is 18.5. The summed E-state index contributed by atoms with van der Waals surface area (Å²) in [6, 6.07) is 0. The lowest BCUT2D eigenvalue weighted by Crippen LogP contribution is -2.21. The van der Waals surface area contributed by atoms with E-state index in [2.05, 4.69) is 24.0 Å². The molecule has 0 radical (unpaired) electrons. The first-order chi connectivity index (χ1) is 6.17. The summed E-state index contributed by atoms with van der Waals surface area (Å²) in [5.41, 5.74) is 3.25. The van der Waals surface area contributed by atoms with Gasteiger partial charge in [0.25, 0.3) is 0 Å². The van der Waals surface area contributed by atoms with Crippen LogP contribution in [0.2, 0.25) is 0 Å².